The normalized spacial score (nSPS) is 13.9. The molecule has 0 aromatic carbocycles. The molecule has 0 aliphatic heterocycles. The second-order valence-electron chi connectivity index (χ2n) is 23.8. The van der Waals surface area contributed by atoms with Crippen molar-refractivity contribution in [2.75, 3.05) is 40.9 Å². The summed E-state index contributed by atoms with van der Waals surface area (Å²) in [4.78, 5) is 25.6. The first-order valence-electron chi connectivity index (χ1n) is 32.7. The van der Waals surface area contributed by atoms with Gasteiger partial charge in [-0.3, -0.25) is 9.36 Å². The number of allylic oxidation sites excluding steroid dienone is 4. The standard InChI is InChI=1S/C65H129N2O6P/c1-6-8-10-12-14-16-18-20-22-24-26-28-30-31-32-33-34-35-37-39-41-43-45-47-49-51-53-55-57-59-65(69)66-63(62-73-74(70,71)72-61-60-67(3,4)5)64(68)58-56-54-52-50-48-46-44-42-40-38-36-29-27-25-23-21-19-17-15-13-11-9-7-2/h26,28,31-32,63-64,68H,6-25,27,29-30,33-62H2,1-5H3,(H-,66,69,70,71)/b28-26-,32-31-. The number of phosphoric ester groups is 1. The number of rotatable bonds is 61. The summed E-state index contributed by atoms with van der Waals surface area (Å²) in [5, 5.41) is 14.1. The molecule has 3 atom stereocenters. The summed E-state index contributed by atoms with van der Waals surface area (Å²) in [5.41, 5.74) is 0. The van der Waals surface area contributed by atoms with Gasteiger partial charge in [0.15, 0.2) is 0 Å². The van der Waals surface area contributed by atoms with Crippen LogP contribution in [0.5, 0.6) is 0 Å². The van der Waals surface area contributed by atoms with Crippen LogP contribution < -0.4 is 10.2 Å². The Morgan fingerprint density at radius 1 is 0.473 bits per heavy atom. The van der Waals surface area contributed by atoms with Gasteiger partial charge >= 0.3 is 0 Å². The minimum Gasteiger partial charge on any atom is -0.756 e. The molecule has 0 aromatic rings. The summed E-state index contributed by atoms with van der Waals surface area (Å²) in [6.07, 6.45) is 72.3. The van der Waals surface area contributed by atoms with Crippen molar-refractivity contribution in [3.8, 4) is 0 Å². The van der Waals surface area contributed by atoms with E-state index >= 15 is 0 Å². The number of hydrogen-bond donors (Lipinski definition) is 2. The van der Waals surface area contributed by atoms with Gasteiger partial charge in [-0.1, -0.05) is 308 Å². The second-order valence-corrected chi connectivity index (χ2v) is 25.2. The third kappa shape index (κ3) is 58.7. The van der Waals surface area contributed by atoms with Crippen molar-refractivity contribution >= 4 is 13.7 Å². The van der Waals surface area contributed by atoms with Crippen LogP contribution in [0.4, 0.5) is 0 Å². The number of amides is 1. The van der Waals surface area contributed by atoms with Crippen molar-refractivity contribution < 1.29 is 32.9 Å². The number of aliphatic hydroxyl groups is 1. The fraction of sp³-hybridized carbons (Fsp3) is 0.923. The molecule has 0 bridgehead atoms. The van der Waals surface area contributed by atoms with Crippen LogP contribution in [-0.4, -0.2) is 68.5 Å². The highest BCUT2D eigenvalue weighted by atomic mass is 31.2. The van der Waals surface area contributed by atoms with Crippen LogP contribution >= 0.6 is 7.82 Å². The molecule has 0 heterocycles. The van der Waals surface area contributed by atoms with Crippen LogP contribution in [0.15, 0.2) is 24.3 Å². The van der Waals surface area contributed by atoms with Gasteiger partial charge in [-0.05, 0) is 44.9 Å². The van der Waals surface area contributed by atoms with Gasteiger partial charge in [-0.2, -0.15) is 0 Å². The summed E-state index contributed by atoms with van der Waals surface area (Å²) in [6.45, 7) is 4.77. The first kappa shape index (κ1) is 73.0. The highest BCUT2D eigenvalue weighted by Gasteiger charge is 2.24. The molecular formula is C65H129N2O6P. The Labute approximate surface area is 462 Å². The lowest BCUT2D eigenvalue weighted by Crippen LogP contribution is -2.46. The molecule has 0 saturated carbocycles. The number of carbonyl (C=O) groups is 1. The first-order valence-corrected chi connectivity index (χ1v) is 34.1. The summed E-state index contributed by atoms with van der Waals surface area (Å²) >= 11 is 0. The van der Waals surface area contributed by atoms with Gasteiger partial charge in [0.25, 0.3) is 7.82 Å². The third-order valence-electron chi connectivity index (χ3n) is 15.2. The van der Waals surface area contributed by atoms with Gasteiger partial charge in [-0.15, -0.1) is 0 Å². The lowest BCUT2D eigenvalue weighted by Gasteiger charge is -2.30. The quantitative estimate of drug-likeness (QED) is 0.0272. The molecule has 1 amide bonds. The molecule has 2 N–H and O–H groups in total. The van der Waals surface area contributed by atoms with Gasteiger partial charge in [0.2, 0.25) is 5.91 Å². The van der Waals surface area contributed by atoms with Gasteiger partial charge in [0.1, 0.15) is 13.2 Å². The van der Waals surface area contributed by atoms with E-state index in [1.54, 1.807) is 0 Å². The van der Waals surface area contributed by atoms with E-state index in [0.717, 1.165) is 44.9 Å². The monoisotopic (exact) mass is 1060 g/mol. The minimum absolute atomic E-state index is 0.0139. The number of nitrogens with one attached hydrogen (secondary N) is 1. The number of nitrogens with zero attached hydrogens (tertiary/aromatic N) is 1. The lowest BCUT2D eigenvalue weighted by molar-refractivity contribution is -0.870. The van der Waals surface area contributed by atoms with E-state index in [1.807, 2.05) is 21.1 Å². The summed E-state index contributed by atoms with van der Waals surface area (Å²) < 4.78 is 23.5. The highest BCUT2D eigenvalue weighted by Crippen LogP contribution is 2.38. The number of aliphatic hydroxyl groups excluding tert-OH is 1. The predicted octanol–water partition coefficient (Wildman–Crippen LogP) is 19.7. The molecule has 0 aliphatic rings. The van der Waals surface area contributed by atoms with E-state index in [-0.39, 0.29) is 19.1 Å². The Kier molecular flexibility index (Phi) is 55.9. The van der Waals surface area contributed by atoms with E-state index < -0.39 is 20.0 Å². The van der Waals surface area contributed by atoms with Gasteiger partial charge in [0.05, 0.1) is 39.9 Å². The van der Waals surface area contributed by atoms with Crippen LogP contribution in [0.1, 0.15) is 335 Å². The summed E-state index contributed by atoms with van der Waals surface area (Å²) in [7, 11) is 1.32. The number of unbranched alkanes of at least 4 members (excludes halogenated alkanes) is 44. The fourth-order valence-electron chi connectivity index (χ4n) is 10.1. The third-order valence-corrected chi connectivity index (χ3v) is 16.2. The molecule has 9 heteroatoms. The van der Waals surface area contributed by atoms with Crippen LogP contribution in [-0.2, 0) is 18.4 Å². The van der Waals surface area contributed by atoms with Crippen LogP contribution in [0, 0.1) is 0 Å². The van der Waals surface area contributed by atoms with Crippen LogP contribution in [0.25, 0.3) is 0 Å². The molecule has 0 aliphatic carbocycles. The summed E-state index contributed by atoms with van der Waals surface area (Å²) in [6, 6.07) is -0.801. The molecule has 3 unspecified atom stereocenters. The number of hydrogen-bond acceptors (Lipinski definition) is 6. The summed E-state index contributed by atoms with van der Waals surface area (Å²) in [5.74, 6) is -0.160. The molecule has 8 nitrogen and oxygen atoms in total. The van der Waals surface area contributed by atoms with E-state index in [4.69, 9.17) is 9.05 Å². The van der Waals surface area contributed by atoms with Crippen molar-refractivity contribution in [3.05, 3.63) is 24.3 Å². The van der Waals surface area contributed by atoms with Gasteiger partial charge < -0.3 is 28.8 Å². The number of quaternary nitrogens is 1. The smallest absolute Gasteiger partial charge is 0.268 e. The van der Waals surface area contributed by atoms with Crippen LogP contribution in [0.3, 0.4) is 0 Å². The molecule has 0 fully saturated rings. The molecule has 0 rings (SSSR count). The Balaban J connectivity index is 4.07. The van der Waals surface area contributed by atoms with Crippen molar-refractivity contribution in [1.82, 2.24) is 5.32 Å². The predicted molar refractivity (Wildman–Crippen MR) is 321 cm³/mol. The Morgan fingerprint density at radius 2 is 0.784 bits per heavy atom. The molecule has 0 spiro atoms. The Bertz CT molecular complexity index is 1260. The van der Waals surface area contributed by atoms with E-state index in [0.29, 0.717) is 23.9 Å². The average Bonchev–Trinajstić information content (AvgIpc) is 3.36. The van der Waals surface area contributed by atoms with Gasteiger partial charge in [-0.25, -0.2) is 0 Å². The molecular weight excluding hydrogens is 936 g/mol. The second kappa shape index (κ2) is 56.7. The van der Waals surface area contributed by atoms with Crippen molar-refractivity contribution in [2.24, 2.45) is 0 Å². The van der Waals surface area contributed by atoms with Crippen LogP contribution in [0.2, 0.25) is 0 Å². The lowest BCUT2D eigenvalue weighted by atomic mass is 10.0. The first-order chi connectivity index (χ1) is 36.0. The Morgan fingerprint density at radius 3 is 1.12 bits per heavy atom. The Hall–Kier alpha value is -1.02. The molecule has 74 heavy (non-hydrogen) atoms. The maximum Gasteiger partial charge on any atom is 0.268 e. The number of phosphoric acid groups is 1. The maximum atomic E-state index is 13.0. The van der Waals surface area contributed by atoms with E-state index in [9.17, 15) is 19.4 Å². The molecule has 0 radical (unpaired) electrons. The SMILES string of the molecule is CCCCCCCCCCC/C=C\C/C=C\CCCCCCCCCCCCCCCC(=O)NC(COP(=O)([O-])OCC[N+](C)(C)C)C(O)CCCCCCCCCCCCCCCCCCCCCCCCC. The fourth-order valence-corrected chi connectivity index (χ4v) is 10.8. The zero-order valence-electron chi connectivity index (χ0n) is 50.3. The van der Waals surface area contributed by atoms with Crippen molar-refractivity contribution in [2.45, 2.75) is 347 Å². The highest BCUT2D eigenvalue weighted by molar-refractivity contribution is 7.45. The number of likely N-dealkylation sites (N-methyl/N-ethyl adjacent to an activating group) is 1. The largest absolute Gasteiger partial charge is 0.756 e. The molecule has 0 saturated heterocycles. The van der Waals surface area contributed by atoms with E-state index in [2.05, 4.69) is 43.5 Å². The van der Waals surface area contributed by atoms with Crippen molar-refractivity contribution in [3.63, 3.8) is 0 Å². The zero-order valence-corrected chi connectivity index (χ0v) is 51.2. The topological polar surface area (TPSA) is 108 Å². The van der Waals surface area contributed by atoms with Crippen molar-refractivity contribution in [1.29, 1.82) is 0 Å². The average molecular weight is 1070 g/mol. The maximum absolute atomic E-state index is 13.0. The molecule has 0 aromatic heterocycles. The van der Waals surface area contributed by atoms with E-state index in [1.165, 1.54) is 263 Å². The number of carbonyl (C=O) groups excluding carboxylic acids is 1. The molecule has 440 valence electrons. The van der Waals surface area contributed by atoms with Gasteiger partial charge in [0, 0.05) is 6.42 Å². The minimum atomic E-state index is -4.58. The zero-order chi connectivity index (χ0) is 54.2.